The van der Waals surface area contributed by atoms with Gasteiger partial charge < -0.3 is 6.53 Å². The van der Waals surface area contributed by atoms with Crippen LogP contribution in [0.15, 0.2) is 0 Å². The van der Waals surface area contributed by atoms with E-state index in [4.69, 9.17) is 0 Å². The van der Waals surface area contributed by atoms with Crippen LogP contribution in [0.5, 0.6) is 0 Å². The summed E-state index contributed by atoms with van der Waals surface area (Å²) in [4.78, 5) is 11.3. The molecule has 0 aliphatic carbocycles. The first kappa shape index (κ1) is 32.4. The van der Waals surface area contributed by atoms with Crippen LogP contribution < -0.4 is 29.6 Å². The number of Topliss-reactive ketones (excluding diaryl/α,β-unsaturated/α-hetero) is 1. The minimum absolute atomic E-state index is 0. The quantitative estimate of drug-likeness (QED) is 0.550. The van der Waals surface area contributed by atoms with Gasteiger partial charge in [0, 0.05) is 20.8 Å². The summed E-state index contributed by atoms with van der Waals surface area (Å²) >= 11 is 0. The molecule has 0 saturated carbocycles. The average Bonchev–Trinajstić information content (AvgIpc) is 2.51. The molecule has 0 aliphatic heterocycles. The molecule has 0 spiro atoms. The zero-order valence-electron chi connectivity index (χ0n) is 18.7. The Labute approximate surface area is 178 Å². The van der Waals surface area contributed by atoms with Crippen molar-refractivity contribution in [2.24, 2.45) is 11.8 Å². The Morgan fingerprint density at radius 1 is 0.875 bits per heavy atom. The Kier molecular flexibility index (Phi) is 32.0. The molecule has 3 radical (unpaired) electrons. The SMILES string of the molecule is CCCCC(=O)C(C)CCC.CCCCC(O)C(C)CCC.[B].[H-].[Na+]. The molecule has 3 atom stereocenters. The fraction of sp³-hybridized carbons (Fsp3) is 0.950. The fourth-order valence-corrected chi connectivity index (χ4v) is 2.54. The first-order valence-electron chi connectivity index (χ1n) is 9.65. The van der Waals surface area contributed by atoms with Gasteiger partial charge in [0.2, 0.25) is 0 Å². The number of carbonyl (C=O) groups excluding carboxylic acids is 1. The van der Waals surface area contributed by atoms with Gasteiger partial charge in [-0.15, -0.1) is 0 Å². The van der Waals surface area contributed by atoms with Crippen molar-refractivity contribution in [3.05, 3.63) is 0 Å². The second-order valence-electron chi connectivity index (χ2n) is 6.74. The van der Waals surface area contributed by atoms with Crippen molar-refractivity contribution in [2.45, 2.75) is 112 Å². The predicted molar refractivity (Wildman–Crippen MR) is 105 cm³/mol. The molecule has 0 aromatic heterocycles. The predicted octanol–water partition coefficient (Wildman–Crippen LogP) is 2.89. The largest absolute Gasteiger partial charge is 1.00 e. The molecule has 0 aliphatic rings. The molecule has 0 fully saturated rings. The number of carbonyl (C=O) groups is 1. The van der Waals surface area contributed by atoms with Gasteiger partial charge in [-0.3, -0.25) is 4.79 Å². The van der Waals surface area contributed by atoms with Crippen molar-refractivity contribution in [2.75, 3.05) is 0 Å². The van der Waals surface area contributed by atoms with Gasteiger partial charge in [-0.2, -0.15) is 0 Å². The number of ketones is 1. The van der Waals surface area contributed by atoms with Gasteiger partial charge >= 0.3 is 29.6 Å². The summed E-state index contributed by atoms with van der Waals surface area (Å²) in [7, 11) is 0. The Morgan fingerprint density at radius 2 is 1.38 bits per heavy atom. The molecule has 139 valence electrons. The number of rotatable bonds is 12. The molecule has 0 saturated heterocycles. The van der Waals surface area contributed by atoms with Gasteiger partial charge in [-0.05, 0) is 31.6 Å². The van der Waals surface area contributed by atoms with Crippen LogP contribution in [-0.2, 0) is 4.79 Å². The van der Waals surface area contributed by atoms with Crippen LogP contribution in [0.3, 0.4) is 0 Å². The summed E-state index contributed by atoms with van der Waals surface area (Å²) in [6.45, 7) is 12.8. The van der Waals surface area contributed by atoms with Crippen LogP contribution >= 0.6 is 0 Å². The van der Waals surface area contributed by atoms with Gasteiger partial charge in [0.15, 0.2) is 0 Å². The van der Waals surface area contributed by atoms with Crippen LogP contribution in [0, 0.1) is 11.8 Å². The van der Waals surface area contributed by atoms with E-state index in [1.165, 1.54) is 12.8 Å². The minimum atomic E-state index is -0.0603. The molecule has 0 bridgehead atoms. The van der Waals surface area contributed by atoms with Crippen LogP contribution in [-0.4, -0.2) is 25.4 Å². The summed E-state index contributed by atoms with van der Waals surface area (Å²) in [6, 6.07) is 0. The monoisotopic (exact) mass is 349 g/mol. The van der Waals surface area contributed by atoms with E-state index in [-0.39, 0.29) is 45.5 Å². The minimum Gasteiger partial charge on any atom is -1.00 e. The molecular formula is C20H43BNaO2. The average molecular weight is 349 g/mol. The van der Waals surface area contributed by atoms with E-state index in [0.717, 1.165) is 51.4 Å². The third-order valence-electron chi connectivity index (χ3n) is 4.30. The first-order valence-corrected chi connectivity index (χ1v) is 9.65. The van der Waals surface area contributed by atoms with Crippen molar-refractivity contribution >= 4 is 14.2 Å². The van der Waals surface area contributed by atoms with E-state index >= 15 is 0 Å². The Hall–Kier alpha value is 0.695. The van der Waals surface area contributed by atoms with Gasteiger partial charge in [0.25, 0.3) is 0 Å². The van der Waals surface area contributed by atoms with E-state index in [1.54, 1.807) is 0 Å². The number of aliphatic hydroxyl groups is 1. The van der Waals surface area contributed by atoms with Crippen molar-refractivity contribution in [1.29, 1.82) is 0 Å². The Balaban J connectivity index is -0.0000000952. The number of unbranched alkanes of at least 4 members (excludes halogenated alkanes) is 2. The maximum Gasteiger partial charge on any atom is 1.00 e. The third kappa shape index (κ3) is 20.7. The second-order valence-corrected chi connectivity index (χ2v) is 6.74. The number of aliphatic hydroxyl groups excluding tert-OH is 1. The van der Waals surface area contributed by atoms with E-state index in [0.29, 0.717) is 17.6 Å². The molecule has 24 heavy (non-hydrogen) atoms. The van der Waals surface area contributed by atoms with Gasteiger partial charge in [0.1, 0.15) is 5.78 Å². The molecule has 0 heterocycles. The molecule has 0 aromatic carbocycles. The normalized spacial score (nSPS) is 13.5. The Morgan fingerprint density at radius 3 is 1.79 bits per heavy atom. The molecule has 0 amide bonds. The van der Waals surface area contributed by atoms with Crippen molar-refractivity contribution in [3.63, 3.8) is 0 Å². The standard InChI is InChI=1S/C10H22O.C10H20O.B.Na.H/c2*1-4-6-8-10(11)9(3)7-5-2;;;/h9-11H,4-8H2,1-3H3;9H,4-8H2,1-3H3;;;/q;;;+1;-1. The summed E-state index contributed by atoms with van der Waals surface area (Å²) in [6.07, 6.45) is 10.8. The molecule has 0 aromatic rings. The van der Waals surface area contributed by atoms with Crippen LogP contribution in [0.4, 0.5) is 0 Å². The maximum atomic E-state index is 11.3. The summed E-state index contributed by atoms with van der Waals surface area (Å²) in [5.74, 6) is 1.24. The van der Waals surface area contributed by atoms with Crippen molar-refractivity contribution in [3.8, 4) is 0 Å². The summed E-state index contributed by atoms with van der Waals surface area (Å²) < 4.78 is 0. The van der Waals surface area contributed by atoms with Crippen molar-refractivity contribution in [1.82, 2.24) is 0 Å². The van der Waals surface area contributed by atoms with E-state index in [2.05, 4.69) is 34.6 Å². The first-order chi connectivity index (χ1) is 10.4. The smallest absolute Gasteiger partial charge is 1.00 e. The van der Waals surface area contributed by atoms with Crippen LogP contribution in [0.1, 0.15) is 107 Å². The molecule has 1 N–H and O–H groups in total. The maximum absolute atomic E-state index is 11.3. The van der Waals surface area contributed by atoms with Gasteiger partial charge in [-0.25, -0.2) is 0 Å². The molecule has 0 rings (SSSR count). The Bertz CT molecular complexity index is 256. The zero-order chi connectivity index (χ0) is 17.4. The third-order valence-corrected chi connectivity index (χ3v) is 4.30. The summed E-state index contributed by atoms with van der Waals surface area (Å²) in [5, 5.41) is 9.58. The fourth-order valence-electron chi connectivity index (χ4n) is 2.54. The van der Waals surface area contributed by atoms with Crippen LogP contribution in [0.2, 0.25) is 0 Å². The van der Waals surface area contributed by atoms with E-state index in [1.807, 2.05) is 6.92 Å². The molecule has 2 nitrogen and oxygen atoms in total. The topological polar surface area (TPSA) is 37.3 Å². The van der Waals surface area contributed by atoms with E-state index < -0.39 is 0 Å². The molecule has 3 unspecified atom stereocenters. The van der Waals surface area contributed by atoms with Crippen molar-refractivity contribution < 1.29 is 40.9 Å². The second kappa shape index (κ2) is 23.7. The van der Waals surface area contributed by atoms with E-state index in [9.17, 15) is 9.90 Å². The van der Waals surface area contributed by atoms with Crippen LogP contribution in [0.25, 0.3) is 0 Å². The number of hydrogen-bond acceptors (Lipinski definition) is 2. The summed E-state index contributed by atoms with van der Waals surface area (Å²) in [5.41, 5.74) is 0. The van der Waals surface area contributed by atoms with Gasteiger partial charge in [-0.1, -0.05) is 73.6 Å². The molecular weight excluding hydrogens is 306 g/mol. The van der Waals surface area contributed by atoms with Gasteiger partial charge in [0.05, 0.1) is 6.10 Å². The zero-order valence-corrected chi connectivity index (χ0v) is 19.7. The molecule has 4 heteroatoms. The number of hydrogen-bond donors (Lipinski definition) is 1.